The van der Waals surface area contributed by atoms with Gasteiger partial charge < -0.3 is 0 Å². The predicted molar refractivity (Wildman–Crippen MR) is 34.6 cm³/mol. The number of nitrogens with zero attached hydrogens (tertiary/aromatic N) is 2. The lowest BCUT2D eigenvalue weighted by atomic mass is 10.5. The van der Waals surface area contributed by atoms with Gasteiger partial charge in [0.25, 0.3) is 0 Å². The molecule has 0 N–H and O–H groups in total. The van der Waals surface area contributed by atoms with Gasteiger partial charge in [-0.15, -0.1) is 0 Å². The molecule has 0 saturated carbocycles. The molecular weight excluding hydrogens is 187 g/mol. The molecule has 48 valence electrons. The lowest BCUT2D eigenvalue weighted by Gasteiger charge is -1.89. The van der Waals surface area contributed by atoms with Gasteiger partial charge in [0.05, 0.1) is 18.1 Å². The van der Waals surface area contributed by atoms with Crippen LogP contribution in [0.2, 0.25) is 0 Å². The number of rotatable bonds is 1. The van der Waals surface area contributed by atoms with Crippen molar-refractivity contribution in [3.63, 3.8) is 0 Å². The highest BCUT2D eigenvalue weighted by Gasteiger charge is 1.91. The summed E-state index contributed by atoms with van der Waals surface area (Å²) in [6, 6.07) is 0. The van der Waals surface area contributed by atoms with Crippen LogP contribution in [-0.4, -0.2) is 9.97 Å². The van der Waals surface area contributed by atoms with Crippen molar-refractivity contribution in [1.82, 2.24) is 9.97 Å². The van der Waals surface area contributed by atoms with Crippen molar-refractivity contribution in [2.45, 2.75) is 5.33 Å². The Bertz CT molecular complexity index is 187. The topological polar surface area (TPSA) is 25.8 Å². The average Bonchev–Trinajstić information content (AvgIpc) is 1.90. The first kappa shape index (κ1) is 6.61. The molecule has 0 unspecified atom stereocenters. The van der Waals surface area contributed by atoms with Gasteiger partial charge in [-0.2, -0.15) is 4.39 Å². The maximum Gasteiger partial charge on any atom is 0.231 e. The summed E-state index contributed by atoms with van der Waals surface area (Å²) in [5.74, 6) is -0.542. The van der Waals surface area contributed by atoms with E-state index >= 15 is 0 Å². The Morgan fingerprint density at radius 3 is 2.67 bits per heavy atom. The fourth-order valence-corrected chi connectivity index (χ4v) is 0.698. The monoisotopic (exact) mass is 190 g/mol. The summed E-state index contributed by atoms with van der Waals surface area (Å²) in [6.07, 6.45) is 2.49. The highest BCUT2D eigenvalue weighted by atomic mass is 79.9. The Morgan fingerprint density at radius 1 is 1.44 bits per heavy atom. The summed E-state index contributed by atoms with van der Waals surface area (Å²) in [7, 11) is 0. The van der Waals surface area contributed by atoms with Crippen molar-refractivity contribution in [3.05, 3.63) is 24.0 Å². The van der Waals surface area contributed by atoms with Crippen LogP contribution >= 0.6 is 15.9 Å². The Labute approximate surface area is 60.3 Å². The molecule has 1 heterocycles. The van der Waals surface area contributed by atoms with Crippen LogP contribution in [0, 0.1) is 5.95 Å². The van der Waals surface area contributed by atoms with Gasteiger partial charge in [0.15, 0.2) is 0 Å². The standard InChI is InChI=1S/C5H4BrFN2/c6-1-4-2-9-5(7)3-8-4/h2-3H,1H2. The van der Waals surface area contributed by atoms with E-state index in [4.69, 9.17) is 0 Å². The lowest BCUT2D eigenvalue weighted by molar-refractivity contribution is 0.574. The first-order chi connectivity index (χ1) is 4.33. The number of hydrogen-bond acceptors (Lipinski definition) is 2. The molecule has 1 aromatic rings. The third-order valence-corrected chi connectivity index (χ3v) is 1.39. The molecule has 1 aromatic heterocycles. The molecule has 0 radical (unpaired) electrons. The predicted octanol–water partition coefficient (Wildman–Crippen LogP) is 1.51. The third-order valence-electron chi connectivity index (χ3n) is 0.811. The molecule has 9 heavy (non-hydrogen) atoms. The smallest absolute Gasteiger partial charge is 0.231 e. The molecule has 0 fully saturated rings. The second-order valence-electron chi connectivity index (χ2n) is 1.46. The van der Waals surface area contributed by atoms with Crippen LogP contribution in [0.25, 0.3) is 0 Å². The van der Waals surface area contributed by atoms with Crippen LogP contribution in [0.15, 0.2) is 12.4 Å². The zero-order valence-electron chi connectivity index (χ0n) is 4.51. The fourth-order valence-electron chi connectivity index (χ4n) is 0.408. The first-order valence-corrected chi connectivity index (χ1v) is 3.47. The van der Waals surface area contributed by atoms with Crippen molar-refractivity contribution < 1.29 is 4.39 Å². The van der Waals surface area contributed by atoms with Gasteiger partial charge in [0, 0.05) is 5.33 Å². The van der Waals surface area contributed by atoms with Gasteiger partial charge in [0.1, 0.15) is 0 Å². The Balaban J connectivity index is 2.88. The van der Waals surface area contributed by atoms with Gasteiger partial charge in [-0.3, -0.25) is 4.98 Å². The third kappa shape index (κ3) is 1.71. The second kappa shape index (κ2) is 2.87. The maximum absolute atomic E-state index is 12.0. The fraction of sp³-hybridized carbons (Fsp3) is 0.200. The molecule has 1 rings (SSSR count). The highest BCUT2D eigenvalue weighted by molar-refractivity contribution is 9.08. The van der Waals surface area contributed by atoms with Crippen LogP contribution in [0.1, 0.15) is 5.69 Å². The van der Waals surface area contributed by atoms with Crippen LogP contribution in [-0.2, 0) is 5.33 Å². The van der Waals surface area contributed by atoms with Crippen molar-refractivity contribution >= 4 is 15.9 Å². The Hall–Kier alpha value is -0.510. The van der Waals surface area contributed by atoms with E-state index in [2.05, 4.69) is 25.9 Å². The van der Waals surface area contributed by atoms with Crippen molar-refractivity contribution in [2.75, 3.05) is 0 Å². The largest absolute Gasteiger partial charge is 0.254 e. The normalized spacial score (nSPS) is 9.56. The van der Waals surface area contributed by atoms with E-state index in [1.165, 1.54) is 6.20 Å². The minimum absolute atomic E-state index is 0.542. The van der Waals surface area contributed by atoms with Gasteiger partial charge in [0.2, 0.25) is 5.95 Å². The zero-order chi connectivity index (χ0) is 6.69. The summed E-state index contributed by atoms with van der Waals surface area (Å²) >= 11 is 3.16. The molecule has 0 aliphatic carbocycles. The van der Waals surface area contributed by atoms with Crippen molar-refractivity contribution in [3.8, 4) is 0 Å². The molecule has 2 nitrogen and oxygen atoms in total. The van der Waals surface area contributed by atoms with E-state index in [9.17, 15) is 4.39 Å². The van der Waals surface area contributed by atoms with Gasteiger partial charge in [-0.05, 0) is 0 Å². The Morgan fingerprint density at radius 2 is 2.22 bits per heavy atom. The average molecular weight is 191 g/mol. The molecule has 0 saturated heterocycles. The number of aromatic nitrogens is 2. The minimum Gasteiger partial charge on any atom is -0.254 e. The second-order valence-corrected chi connectivity index (χ2v) is 2.02. The quantitative estimate of drug-likeness (QED) is 0.628. The van der Waals surface area contributed by atoms with E-state index in [0.717, 1.165) is 11.9 Å². The molecule has 0 aliphatic rings. The van der Waals surface area contributed by atoms with Gasteiger partial charge in [-0.1, -0.05) is 15.9 Å². The SMILES string of the molecule is Fc1cnc(CBr)cn1. The van der Waals surface area contributed by atoms with Gasteiger partial charge >= 0.3 is 0 Å². The molecule has 4 heteroatoms. The van der Waals surface area contributed by atoms with E-state index in [1.54, 1.807) is 0 Å². The summed E-state index contributed by atoms with van der Waals surface area (Å²) < 4.78 is 12.0. The molecular formula is C5H4BrFN2. The van der Waals surface area contributed by atoms with E-state index in [1.807, 2.05) is 0 Å². The highest BCUT2D eigenvalue weighted by Crippen LogP contribution is 1.98. The number of hydrogen-bond donors (Lipinski definition) is 0. The molecule has 0 amide bonds. The lowest BCUT2D eigenvalue weighted by Crippen LogP contribution is -1.88. The summed E-state index contributed by atoms with van der Waals surface area (Å²) in [5, 5.41) is 0.611. The molecule has 0 aliphatic heterocycles. The van der Waals surface area contributed by atoms with Crippen molar-refractivity contribution in [2.24, 2.45) is 0 Å². The maximum atomic E-state index is 12.0. The van der Waals surface area contributed by atoms with Crippen LogP contribution in [0.3, 0.4) is 0 Å². The minimum atomic E-state index is -0.542. The van der Waals surface area contributed by atoms with Crippen LogP contribution in [0.4, 0.5) is 4.39 Å². The molecule has 0 spiro atoms. The van der Waals surface area contributed by atoms with Gasteiger partial charge in [-0.25, -0.2) is 4.98 Å². The van der Waals surface area contributed by atoms with Crippen molar-refractivity contribution in [1.29, 1.82) is 0 Å². The first-order valence-electron chi connectivity index (χ1n) is 2.35. The van der Waals surface area contributed by atoms with Crippen LogP contribution < -0.4 is 0 Å². The molecule has 0 bridgehead atoms. The molecule has 0 atom stereocenters. The van der Waals surface area contributed by atoms with E-state index in [-0.39, 0.29) is 0 Å². The number of halogens is 2. The van der Waals surface area contributed by atoms with E-state index in [0.29, 0.717) is 5.33 Å². The zero-order valence-corrected chi connectivity index (χ0v) is 6.10. The Kier molecular flexibility index (Phi) is 2.10. The summed E-state index contributed by atoms with van der Waals surface area (Å²) in [6.45, 7) is 0. The molecule has 0 aromatic carbocycles. The van der Waals surface area contributed by atoms with E-state index < -0.39 is 5.95 Å². The summed E-state index contributed by atoms with van der Waals surface area (Å²) in [4.78, 5) is 7.10. The summed E-state index contributed by atoms with van der Waals surface area (Å²) in [5.41, 5.74) is 0.733. The van der Waals surface area contributed by atoms with Crippen LogP contribution in [0.5, 0.6) is 0 Å². The number of alkyl halides is 1.